The van der Waals surface area contributed by atoms with Gasteiger partial charge in [-0.3, -0.25) is 0 Å². The molecule has 3 unspecified atom stereocenters. The van der Waals surface area contributed by atoms with Gasteiger partial charge in [-0.15, -0.1) is 0 Å². The molecule has 0 heterocycles. The quantitative estimate of drug-likeness (QED) is 0.610. The summed E-state index contributed by atoms with van der Waals surface area (Å²) < 4.78 is 0. The van der Waals surface area contributed by atoms with Crippen LogP contribution in [0.4, 0.5) is 0 Å². The number of benzene rings is 2. The molecule has 22 heavy (non-hydrogen) atoms. The second-order valence-corrected chi connectivity index (χ2v) is 7.89. The number of rotatable bonds is 1. The van der Waals surface area contributed by atoms with Crippen LogP contribution in [0.1, 0.15) is 42.9 Å². The number of fused-ring (bicyclic) bond motifs is 5. The lowest BCUT2D eigenvalue weighted by atomic mass is 9.64. The van der Waals surface area contributed by atoms with E-state index < -0.39 is 0 Å². The van der Waals surface area contributed by atoms with Crippen molar-refractivity contribution < 1.29 is 0 Å². The summed E-state index contributed by atoms with van der Waals surface area (Å²) in [5.74, 6) is 1.75. The maximum Gasteiger partial charge on any atom is -0.0168 e. The van der Waals surface area contributed by atoms with Gasteiger partial charge in [0.25, 0.3) is 0 Å². The zero-order chi connectivity index (χ0) is 14.7. The van der Waals surface area contributed by atoms with Crippen molar-refractivity contribution >= 4 is 10.8 Å². The van der Waals surface area contributed by atoms with Gasteiger partial charge in [0.15, 0.2) is 0 Å². The molecular weight excluding hydrogens is 264 g/mol. The predicted molar refractivity (Wildman–Crippen MR) is 93.1 cm³/mol. The molecule has 1 fully saturated rings. The van der Waals surface area contributed by atoms with Crippen molar-refractivity contribution in [3.63, 3.8) is 0 Å². The Morgan fingerprint density at radius 3 is 2.73 bits per heavy atom. The summed E-state index contributed by atoms with van der Waals surface area (Å²) in [5.41, 5.74) is 5.32. The molecule has 5 rings (SSSR count). The molecule has 0 saturated heterocycles. The molecule has 112 valence electrons. The summed E-state index contributed by atoms with van der Waals surface area (Å²) in [7, 11) is 0. The van der Waals surface area contributed by atoms with Crippen molar-refractivity contribution in [1.82, 2.24) is 0 Å². The first-order valence-corrected chi connectivity index (χ1v) is 8.98. The summed E-state index contributed by atoms with van der Waals surface area (Å²) in [5, 5.41) is 2.88. The average molecular weight is 288 g/mol. The van der Waals surface area contributed by atoms with Crippen LogP contribution in [-0.4, -0.2) is 0 Å². The predicted octanol–water partition coefficient (Wildman–Crippen LogP) is 5.47. The van der Waals surface area contributed by atoms with E-state index in [4.69, 9.17) is 0 Å². The van der Waals surface area contributed by atoms with Gasteiger partial charge >= 0.3 is 0 Å². The molecule has 2 bridgehead atoms. The number of aryl methyl sites for hydroxylation is 2. The first-order valence-electron chi connectivity index (χ1n) is 8.98. The van der Waals surface area contributed by atoms with Gasteiger partial charge in [-0.2, -0.15) is 0 Å². The number of hydrogen-bond acceptors (Lipinski definition) is 0. The Bertz CT molecular complexity index is 782. The highest BCUT2D eigenvalue weighted by molar-refractivity contribution is 5.85. The third kappa shape index (κ3) is 1.76. The van der Waals surface area contributed by atoms with Crippen LogP contribution < -0.4 is 0 Å². The Kier molecular flexibility index (Phi) is 2.63. The van der Waals surface area contributed by atoms with Gasteiger partial charge in [0.05, 0.1) is 0 Å². The van der Waals surface area contributed by atoms with Crippen LogP contribution in [0.5, 0.6) is 0 Å². The third-order valence-electron chi connectivity index (χ3n) is 6.69. The lowest BCUT2D eigenvalue weighted by molar-refractivity contribution is 0.195. The highest BCUT2D eigenvalue weighted by Crippen LogP contribution is 2.57. The molecule has 0 N–H and O–H groups in total. The first-order chi connectivity index (χ1) is 10.8. The van der Waals surface area contributed by atoms with Crippen LogP contribution in [-0.2, 0) is 19.3 Å². The molecule has 3 aliphatic rings. The molecule has 3 atom stereocenters. The van der Waals surface area contributed by atoms with Crippen LogP contribution in [0.3, 0.4) is 0 Å². The van der Waals surface area contributed by atoms with Gasteiger partial charge in [0.2, 0.25) is 0 Å². The molecule has 0 heteroatoms. The van der Waals surface area contributed by atoms with Crippen LogP contribution in [0, 0.1) is 17.3 Å². The zero-order valence-electron chi connectivity index (χ0n) is 13.4. The second-order valence-electron chi connectivity index (χ2n) is 7.89. The Morgan fingerprint density at radius 2 is 1.95 bits per heavy atom. The normalized spacial score (nSPS) is 32.0. The topological polar surface area (TPSA) is 0 Å². The third-order valence-corrected chi connectivity index (χ3v) is 6.69. The van der Waals surface area contributed by atoms with Crippen molar-refractivity contribution in [2.75, 3.05) is 0 Å². The SMILES string of the molecule is CCc1ccc2cc3c(cc2c1)CCC1(C3)CC2C=CC1C2. The summed E-state index contributed by atoms with van der Waals surface area (Å²) in [6.07, 6.45) is 13.0. The minimum Gasteiger partial charge on any atom is -0.0851 e. The van der Waals surface area contributed by atoms with E-state index in [0.717, 1.165) is 18.3 Å². The number of hydrogen-bond donors (Lipinski definition) is 0. The fraction of sp³-hybridized carbons (Fsp3) is 0.455. The van der Waals surface area contributed by atoms with E-state index >= 15 is 0 Å². The lowest BCUT2D eigenvalue weighted by Crippen LogP contribution is -2.32. The molecule has 1 spiro atoms. The summed E-state index contributed by atoms with van der Waals surface area (Å²) in [6.45, 7) is 2.24. The molecule has 0 radical (unpaired) electrons. The van der Waals surface area contributed by atoms with Crippen LogP contribution in [0.2, 0.25) is 0 Å². The first kappa shape index (κ1) is 12.9. The van der Waals surface area contributed by atoms with Crippen LogP contribution in [0.15, 0.2) is 42.5 Å². The highest BCUT2D eigenvalue weighted by atomic mass is 14.5. The van der Waals surface area contributed by atoms with Crippen LogP contribution >= 0.6 is 0 Å². The molecular formula is C22H24. The molecule has 1 saturated carbocycles. The van der Waals surface area contributed by atoms with Crippen LogP contribution in [0.25, 0.3) is 10.8 Å². The second kappa shape index (κ2) is 4.47. The molecule has 0 nitrogen and oxygen atoms in total. The monoisotopic (exact) mass is 288 g/mol. The maximum absolute atomic E-state index is 2.54. The molecule has 2 aromatic carbocycles. The van der Waals surface area contributed by atoms with Gasteiger partial charge in [-0.1, -0.05) is 49.4 Å². The Morgan fingerprint density at radius 1 is 1.05 bits per heavy atom. The minimum atomic E-state index is 0.601. The number of allylic oxidation sites excluding steroid dienone is 2. The van der Waals surface area contributed by atoms with E-state index in [1.165, 1.54) is 48.4 Å². The van der Waals surface area contributed by atoms with Crippen molar-refractivity contribution in [2.24, 2.45) is 17.3 Å². The van der Waals surface area contributed by atoms with E-state index in [0.29, 0.717) is 5.41 Å². The Balaban J connectivity index is 1.57. The summed E-state index contributed by atoms with van der Waals surface area (Å²) >= 11 is 0. The Hall–Kier alpha value is -1.56. The van der Waals surface area contributed by atoms with Gasteiger partial charge < -0.3 is 0 Å². The zero-order valence-corrected chi connectivity index (χ0v) is 13.4. The minimum absolute atomic E-state index is 0.601. The standard InChI is InChI=1S/C22H24/c1-2-15-3-5-17-12-20-14-22(13-16-4-6-21(22)10-16)8-7-18(20)11-19(17)9-15/h3-6,9,11-12,16,21H,2,7-8,10,13-14H2,1H3. The average Bonchev–Trinajstić information content (AvgIpc) is 3.13. The van der Waals surface area contributed by atoms with Crippen molar-refractivity contribution in [3.05, 3.63) is 59.2 Å². The molecule has 3 aliphatic carbocycles. The van der Waals surface area contributed by atoms with Gasteiger partial charge in [-0.05, 0) is 83.2 Å². The molecule has 0 aromatic heterocycles. The van der Waals surface area contributed by atoms with Crippen molar-refractivity contribution in [1.29, 1.82) is 0 Å². The van der Waals surface area contributed by atoms with Gasteiger partial charge in [0, 0.05) is 0 Å². The summed E-state index contributed by atoms with van der Waals surface area (Å²) in [4.78, 5) is 0. The largest absolute Gasteiger partial charge is 0.0851 e. The molecule has 2 aromatic rings. The molecule has 0 amide bonds. The highest BCUT2D eigenvalue weighted by Gasteiger charge is 2.49. The van der Waals surface area contributed by atoms with Gasteiger partial charge in [0.1, 0.15) is 0 Å². The van der Waals surface area contributed by atoms with E-state index in [1.807, 2.05) is 0 Å². The lowest BCUT2D eigenvalue weighted by Gasteiger charge is -2.40. The van der Waals surface area contributed by atoms with E-state index in [9.17, 15) is 0 Å². The smallest absolute Gasteiger partial charge is 0.0168 e. The fourth-order valence-electron chi connectivity index (χ4n) is 5.45. The van der Waals surface area contributed by atoms with E-state index in [-0.39, 0.29) is 0 Å². The van der Waals surface area contributed by atoms with Crippen molar-refractivity contribution in [3.8, 4) is 0 Å². The maximum atomic E-state index is 2.54. The van der Waals surface area contributed by atoms with Crippen molar-refractivity contribution in [2.45, 2.75) is 45.4 Å². The molecule has 0 aliphatic heterocycles. The Labute approximate surface area is 133 Å². The van der Waals surface area contributed by atoms with E-state index in [1.54, 1.807) is 11.1 Å². The summed E-state index contributed by atoms with van der Waals surface area (Å²) in [6, 6.07) is 12.0. The fourth-order valence-corrected chi connectivity index (χ4v) is 5.45. The van der Waals surface area contributed by atoms with E-state index in [2.05, 4.69) is 49.4 Å². The van der Waals surface area contributed by atoms with Gasteiger partial charge in [-0.25, -0.2) is 0 Å².